The van der Waals surface area contributed by atoms with E-state index in [-0.39, 0.29) is 25.0 Å². The zero-order valence-corrected chi connectivity index (χ0v) is 16.4. The van der Waals surface area contributed by atoms with Crippen molar-refractivity contribution in [3.05, 3.63) is 24.3 Å². The van der Waals surface area contributed by atoms with Gasteiger partial charge in [0.1, 0.15) is 5.75 Å². The minimum atomic E-state index is -0.662. The Labute approximate surface area is 165 Å². The summed E-state index contributed by atoms with van der Waals surface area (Å²) in [5.74, 6) is 0.0970. The Morgan fingerprint density at radius 2 is 1.86 bits per heavy atom. The fourth-order valence-electron chi connectivity index (χ4n) is 3.54. The number of nitrogens with zero attached hydrogens (tertiary/aromatic N) is 2. The van der Waals surface area contributed by atoms with Gasteiger partial charge < -0.3 is 19.9 Å². The van der Waals surface area contributed by atoms with E-state index in [0.29, 0.717) is 5.75 Å². The minimum Gasteiger partial charge on any atom is -0.477 e. The van der Waals surface area contributed by atoms with Gasteiger partial charge >= 0.3 is 6.03 Å². The molecule has 0 bridgehead atoms. The highest BCUT2D eigenvalue weighted by atomic mass is 16.5. The Bertz CT molecular complexity index is 731. The number of carbonyl (C=O) groups excluding carboxylic acids is 3. The minimum absolute atomic E-state index is 0.0321. The Hall–Kier alpha value is -2.77. The quantitative estimate of drug-likeness (QED) is 0.816. The van der Waals surface area contributed by atoms with Gasteiger partial charge in [-0.1, -0.05) is 12.1 Å². The van der Waals surface area contributed by atoms with Crippen LogP contribution in [-0.2, 0) is 9.59 Å². The first-order valence-corrected chi connectivity index (χ1v) is 9.84. The molecule has 1 aromatic rings. The first-order valence-electron chi connectivity index (χ1n) is 9.84. The lowest BCUT2D eigenvalue weighted by Crippen LogP contribution is -2.54. The van der Waals surface area contributed by atoms with Crippen LogP contribution in [-0.4, -0.2) is 61.1 Å². The molecule has 2 heterocycles. The monoisotopic (exact) mass is 388 g/mol. The molecule has 0 radical (unpaired) electrons. The number of para-hydroxylation sites is 2. The van der Waals surface area contributed by atoms with Gasteiger partial charge in [0.25, 0.3) is 5.91 Å². The maximum Gasteiger partial charge on any atom is 0.321 e. The van der Waals surface area contributed by atoms with Gasteiger partial charge in [-0.25, -0.2) is 4.79 Å². The Balaban J connectivity index is 1.69. The number of nitrogens with one attached hydrogen (secondary N) is 2. The van der Waals surface area contributed by atoms with Crippen LogP contribution in [0.4, 0.5) is 10.5 Å². The predicted molar refractivity (Wildman–Crippen MR) is 105 cm³/mol. The third-order valence-corrected chi connectivity index (χ3v) is 4.81. The molecule has 2 aliphatic heterocycles. The summed E-state index contributed by atoms with van der Waals surface area (Å²) < 4.78 is 5.95. The summed E-state index contributed by atoms with van der Waals surface area (Å²) in [5, 5.41) is 4.96. The van der Waals surface area contributed by atoms with Crippen LogP contribution >= 0.6 is 0 Å². The summed E-state index contributed by atoms with van der Waals surface area (Å²) in [5.41, 5.74) is 0.740. The van der Waals surface area contributed by atoms with Gasteiger partial charge in [0.15, 0.2) is 6.10 Å². The summed E-state index contributed by atoms with van der Waals surface area (Å²) >= 11 is 0. The van der Waals surface area contributed by atoms with E-state index in [1.54, 1.807) is 11.0 Å². The molecular formula is C20H28N4O4. The molecule has 152 valence electrons. The van der Waals surface area contributed by atoms with Gasteiger partial charge in [-0.2, -0.15) is 0 Å². The van der Waals surface area contributed by atoms with Crippen molar-refractivity contribution in [3.8, 4) is 5.75 Å². The first-order chi connectivity index (χ1) is 13.4. The lowest BCUT2D eigenvalue weighted by Gasteiger charge is -2.38. The number of amides is 4. The molecule has 1 fully saturated rings. The highest BCUT2D eigenvalue weighted by Crippen LogP contribution is 2.33. The summed E-state index contributed by atoms with van der Waals surface area (Å²) in [4.78, 5) is 40.7. The number of imide groups is 1. The van der Waals surface area contributed by atoms with Gasteiger partial charge in [-0.3, -0.25) is 14.9 Å². The fourth-order valence-corrected chi connectivity index (χ4v) is 3.54. The van der Waals surface area contributed by atoms with Crippen molar-refractivity contribution in [2.24, 2.45) is 0 Å². The summed E-state index contributed by atoms with van der Waals surface area (Å²) in [7, 11) is 0. The van der Waals surface area contributed by atoms with Crippen molar-refractivity contribution in [1.82, 2.24) is 15.5 Å². The van der Waals surface area contributed by atoms with Crippen LogP contribution in [0, 0.1) is 0 Å². The van der Waals surface area contributed by atoms with Crippen LogP contribution in [0.1, 0.15) is 33.1 Å². The third kappa shape index (κ3) is 4.94. The number of ether oxygens (including phenoxy) is 1. The highest BCUT2D eigenvalue weighted by Gasteiger charge is 2.34. The van der Waals surface area contributed by atoms with Gasteiger partial charge in [0, 0.05) is 19.1 Å². The maximum atomic E-state index is 12.9. The number of anilines is 1. The second kappa shape index (κ2) is 8.95. The molecule has 0 spiro atoms. The number of fused-ring (bicyclic) bond motifs is 1. The standard InChI is InChI=1S/C20H28N4O4/c1-14(2)21-20(27)22-18(25)13-24-12-17(19(26)23-10-6-3-7-11-23)28-16-9-5-4-8-15(16)24/h4-5,8-9,14,17H,3,6-7,10-13H2,1-2H3,(H2,21,22,25,27)/t17-/m0/s1. The van der Waals surface area contributed by atoms with E-state index in [1.807, 2.05) is 36.9 Å². The molecule has 2 N–H and O–H groups in total. The van der Waals surface area contributed by atoms with E-state index < -0.39 is 18.0 Å². The normalized spacial score (nSPS) is 18.9. The lowest BCUT2D eigenvalue weighted by molar-refractivity contribution is -0.139. The van der Waals surface area contributed by atoms with E-state index >= 15 is 0 Å². The molecule has 28 heavy (non-hydrogen) atoms. The molecule has 2 aliphatic rings. The van der Waals surface area contributed by atoms with Crippen LogP contribution in [0.5, 0.6) is 5.75 Å². The van der Waals surface area contributed by atoms with Crippen molar-refractivity contribution in [2.75, 3.05) is 31.1 Å². The van der Waals surface area contributed by atoms with Crippen molar-refractivity contribution >= 4 is 23.5 Å². The Kier molecular flexibility index (Phi) is 6.38. The smallest absolute Gasteiger partial charge is 0.321 e. The van der Waals surface area contributed by atoms with E-state index in [4.69, 9.17) is 4.74 Å². The highest BCUT2D eigenvalue weighted by molar-refractivity contribution is 5.97. The number of hydrogen-bond acceptors (Lipinski definition) is 5. The second-order valence-electron chi connectivity index (χ2n) is 7.52. The number of rotatable bonds is 4. The van der Waals surface area contributed by atoms with E-state index in [0.717, 1.165) is 38.0 Å². The molecule has 8 heteroatoms. The molecule has 0 unspecified atom stereocenters. The molecule has 0 aliphatic carbocycles. The number of likely N-dealkylation sites (tertiary alicyclic amines) is 1. The Morgan fingerprint density at radius 1 is 1.14 bits per heavy atom. The topological polar surface area (TPSA) is 91.0 Å². The maximum absolute atomic E-state index is 12.9. The molecule has 3 rings (SSSR count). The number of carbonyl (C=O) groups is 3. The van der Waals surface area contributed by atoms with Crippen LogP contribution in [0.15, 0.2) is 24.3 Å². The lowest BCUT2D eigenvalue weighted by atomic mass is 10.1. The molecule has 8 nitrogen and oxygen atoms in total. The number of urea groups is 1. The first kappa shape index (κ1) is 20.0. The van der Waals surface area contributed by atoms with E-state index in [9.17, 15) is 14.4 Å². The van der Waals surface area contributed by atoms with Gasteiger partial charge in [0.2, 0.25) is 5.91 Å². The van der Waals surface area contributed by atoms with Crippen molar-refractivity contribution < 1.29 is 19.1 Å². The van der Waals surface area contributed by atoms with E-state index in [2.05, 4.69) is 10.6 Å². The molecule has 1 saturated heterocycles. The second-order valence-corrected chi connectivity index (χ2v) is 7.52. The fraction of sp³-hybridized carbons (Fsp3) is 0.550. The molecule has 0 saturated carbocycles. The number of benzene rings is 1. The van der Waals surface area contributed by atoms with Gasteiger partial charge in [0.05, 0.1) is 18.8 Å². The average Bonchev–Trinajstić information content (AvgIpc) is 2.67. The van der Waals surface area contributed by atoms with Gasteiger partial charge in [-0.15, -0.1) is 0 Å². The largest absolute Gasteiger partial charge is 0.477 e. The molecule has 4 amide bonds. The molecule has 1 aromatic carbocycles. The van der Waals surface area contributed by atoms with Crippen molar-refractivity contribution in [3.63, 3.8) is 0 Å². The zero-order chi connectivity index (χ0) is 20.1. The Morgan fingerprint density at radius 3 is 2.57 bits per heavy atom. The van der Waals surface area contributed by atoms with Crippen molar-refractivity contribution in [2.45, 2.75) is 45.3 Å². The van der Waals surface area contributed by atoms with Crippen LogP contribution in [0.2, 0.25) is 0 Å². The summed E-state index contributed by atoms with van der Waals surface area (Å²) in [6, 6.07) is 6.73. The van der Waals surface area contributed by atoms with Gasteiger partial charge in [-0.05, 0) is 45.2 Å². The molecule has 1 atom stereocenters. The van der Waals surface area contributed by atoms with Crippen LogP contribution in [0.25, 0.3) is 0 Å². The SMILES string of the molecule is CC(C)NC(=O)NC(=O)CN1C[C@@H](C(=O)N2CCCCC2)Oc2ccccc21. The van der Waals surface area contributed by atoms with E-state index in [1.165, 1.54) is 0 Å². The third-order valence-electron chi connectivity index (χ3n) is 4.81. The average molecular weight is 388 g/mol. The van der Waals surface area contributed by atoms with Crippen molar-refractivity contribution in [1.29, 1.82) is 0 Å². The summed E-state index contributed by atoms with van der Waals surface area (Å²) in [6.45, 7) is 5.37. The molecular weight excluding hydrogens is 360 g/mol. The summed E-state index contributed by atoms with van der Waals surface area (Å²) in [6.07, 6.45) is 2.49. The zero-order valence-electron chi connectivity index (χ0n) is 16.4. The predicted octanol–water partition coefficient (Wildman–Crippen LogP) is 1.50. The number of piperidine rings is 1. The van der Waals surface area contributed by atoms with Crippen LogP contribution in [0.3, 0.4) is 0 Å². The van der Waals surface area contributed by atoms with Crippen LogP contribution < -0.4 is 20.3 Å². The number of hydrogen-bond donors (Lipinski definition) is 2. The molecule has 0 aromatic heterocycles.